The van der Waals surface area contributed by atoms with Crippen LogP contribution < -0.4 is 5.32 Å². The molecule has 0 spiro atoms. The van der Waals surface area contributed by atoms with E-state index < -0.39 is 6.95 Å². The van der Waals surface area contributed by atoms with Crippen LogP contribution in [0.4, 0.5) is 5.69 Å². The van der Waals surface area contributed by atoms with Gasteiger partial charge in [0.2, 0.25) is 0 Å². The van der Waals surface area contributed by atoms with Crippen molar-refractivity contribution in [3.8, 4) is 0 Å². The monoisotopic (exact) mass is 401 g/mol. The maximum atomic E-state index is 12.0. The fourth-order valence-corrected chi connectivity index (χ4v) is 2.29. The van der Waals surface area contributed by atoms with E-state index in [1.807, 2.05) is 31.2 Å². The Balaban J connectivity index is 0.000000597. The number of carbonyl (C=O) groups is 1. The van der Waals surface area contributed by atoms with Crippen LogP contribution in [-0.2, 0) is 14.1 Å². The molecule has 26 heavy (non-hydrogen) atoms. The number of ether oxygens (including phenoxy) is 1. The molecule has 0 radical (unpaired) electrons. The van der Waals surface area contributed by atoms with Crippen LogP contribution in [0.5, 0.6) is 0 Å². The van der Waals surface area contributed by atoms with Crippen molar-refractivity contribution < 1.29 is 23.9 Å². The Morgan fingerprint density at radius 2 is 1.81 bits per heavy atom. The number of anilines is 1. The van der Waals surface area contributed by atoms with E-state index in [0.29, 0.717) is 6.61 Å². The second kappa shape index (κ2) is 11.2. The van der Waals surface area contributed by atoms with E-state index in [4.69, 9.17) is 19.1 Å². The number of fused-ring (bicyclic) bond motifs is 1. The summed E-state index contributed by atoms with van der Waals surface area (Å²) in [7, 11) is 0. The summed E-state index contributed by atoms with van der Waals surface area (Å²) in [4.78, 5) is 26.8. The minimum atomic E-state index is -4.17. The highest BCUT2D eigenvalue weighted by molar-refractivity contribution is 7.79. The number of nitrogens with one attached hydrogen (secondary N) is 1. The molecule has 0 saturated heterocycles. The van der Waals surface area contributed by atoms with Gasteiger partial charge in [-0.1, -0.05) is 56.2 Å². The van der Waals surface area contributed by atoms with Crippen LogP contribution >= 0.6 is 18.2 Å². The van der Waals surface area contributed by atoms with Crippen LogP contribution in [-0.4, -0.2) is 28.4 Å². The van der Waals surface area contributed by atoms with Crippen molar-refractivity contribution in [3.05, 3.63) is 42.5 Å². The van der Waals surface area contributed by atoms with E-state index in [1.54, 1.807) is 0 Å². The highest BCUT2D eigenvalue weighted by Gasteiger charge is 2.14. The predicted molar refractivity (Wildman–Crippen MR) is 105 cm³/mol. The van der Waals surface area contributed by atoms with Gasteiger partial charge in [0.05, 0.1) is 6.61 Å². The van der Waals surface area contributed by atoms with E-state index in [-0.39, 0.29) is 12.0 Å². The summed E-state index contributed by atoms with van der Waals surface area (Å²) < 4.78 is 14.4. The third-order valence-corrected chi connectivity index (χ3v) is 3.51. The molecule has 144 valence electrons. The van der Waals surface area contributed by atoms with Gasteiger partial charge in [-0.05, 0) is 24.8 Å². The van der Waals surface area contributed by atoms with Crippen LogP contribution in [0.3, 0.4) is 0 Å². The van der Waals surface area contributed by atoms with Crippen molar-refractivity contribution in [3.63, 3.8) is 0 Å². The van der Waals surface area contributed by atoms with Crippen LogP contribution in [0, 0.1) is 0 Å². The molecule has 1 unspecified atom stereocenters. The number of rotatable bonds is 7. The number of esters is 1. The summed E-state index contributed by atoms with van der Waals surface area (Å²) in [5.74, 6) is -0.195. The Morgan fingerprint density at radius 1 is 1.19 bits per heavy atom. The number of benzene rings is 2. The average Bonchev–Trinajstić information content (AvgIpc) is 2.57. The summed E-state index contributed by atoms with van der Waals surface area (Å²) in [6.45, 7) is 0.310. The van der Waals surface area contributed by atoms with E-state index in [2.05, 4.69) is 41.7 Å². The Hall–Kier alpha value is -1.59. The smallest absolute Gasteiger partial charge is 0.419 e. The zero-order valence-corrected chi connectivity index (χ0v) is 16.5. The molecule has 0 amide bonds. The Labute approximate surface area is 158 Å². The Morgan fingerprint density at radius 3 is 2.46 bits per heavy atom. The SMILES string of the molecule is CCCCCOC(=O)C(C)Nc1cccc2ccccc12.O=P(O)(O)Cl. The second-order valence-corrected chi connectivity index (χ2v) is 8.01. The van der Waals surface area contributed by atoms with Gasteiger partial charge in [-0.25, -0.2) is 9.36 Å². The van der Waals surface area contributed by atoms with E-state index in [9.17, 15) is 4.79 Å². The predicted octanol–water partition coefficient (Wildman–Crippen LogP) is 4.69. The molecular formula is C18H25ClNO5P. The van der Waals surface area contributed by atoms with Crippen molar-refractivity contribution >= 4 is 40.6 Å². The molecule has 0 aromatic heterocycles. The lowest BCUT2D eigenvalue weighted by molar-refractivity contribution is -0.144. The topological polar surface area (TPSA) is 95.9 Å². The molecule has 2 aromatic rings. The number of halogens is 1. The Kier molecular flexibility index (Phi) is 9.66. The molecule has 0 heterocycles. The molecule has 0 saturated carbocycles. The first-order valence-electron chi connectivity index (χ1n) is 8.38. The molecule has 0 bridgehead atoms. The summed E-state index contributed by atoms with van der Waals surface area (Å²) >= 11 is 4.20. The van der Waals surface area contributed by atoms with Crippen molar-refractivity contribution in [1.82, 2.24) is 0 Å². The van der Waals surface area contributed by atoms with Crippen LogP contribution in [0.1, 0.15) is 33.1 Å². The lowest BCUT2D eigenvalue weighted by Crippen LogP contribution is -2.28. The van der Waals surface area contributed by atoms with Gasteiger partial charge in [0.25, 0.3) is 0 Å². The highest BCUT2D eigenvalue weighted by atomic mass is 35.7. The zero-order chi connectivity index (χ0) is 19.6. The fraction of sp³-hybridized carbons (Fsp3) is 0.389. The largest absolute Gasteiger partial charge is 0.464 e. The molecule has 2 rings (SSSR count). The van der Waals surface area contributed by atoms with Gasteiger partial charge in [0.15, 0.2) is 0 Å². The molecule has 0 aliphatic carbocycles. The van der Waals surface area contributed by atoms with Gasteiger partial charge in [-0.3, -0.25) is 0 Å². The van der Waals surface area contributed by atoms with Crippen LogP contribution in [0.2, 0.25) is 0 Å². The summed E-state index contributed by atoms with van der Waals surface area (Å²) in [5.41, 5.74) is 0.964. The third kappa shape index (κ3) is 9.20. The van der Waals surface area contributed by atoms with Gasteiger partial charge in [-0.15, -0.1) is 0 Å². The molecular weight excluding hydrogens is 377 g/mol. The quantitative estimate of drug-likeness (QED) is 0.354. The van der Waals surface area contributed by atoms with Crippen molar-refractivity contribution in [2.45, 2.75) is 39.2 Å². The molecule has 0 fully saturated rings. The molecule has 3 N–H and O–H groups in total. The summed E-state index contributed by atoms with van der Waals surface area (Å²) in [6, 6.07) is 13.8. The maximum absolute atomic E-state index is 12.0. The number of carbonyl (C=O) groups excluding carboxylic acids is 1. The van der Waals surface area contributed by atoms with Gasteiger partial charge >= 0.3 is 12.9 Å². The van der Waals surface area contributed by atoms with Crippen LogP contribution in [0.25, 0.3) is 10.8 Å². The molecule has 6 nitrogen and oxygen atoms in total. The first kappa shape index (κ1) is 22.5. The molecule has 1 atom stereocenters. The number of unbranched alkanes of at least 4 members (excludes halogenated alkanes) is 2. The lowest BCUT2D eigenvalue weighted by atomic mass is 10.1. The van der Waals surface area contributed by atoms with Gasteiger partial charge in [0, 0.05) is 22.3 Å². The zero-order valence-electron chi connectivity index (χ0n) is 14.9. The standard InChI is InChI=1S/C18H23NO2.ClH2O3P/c1-3-4-7-13-21-18(20)14(2)19-17-12-8-10-15-9-5-6-11-16(15)17;1-5(2,3)4/h5-6,8-12,14,19H,3-4,7,13H2,1-2H3;(H2,2,3,4). The first-order chi connectivity index (χ1) is 12.2. The maximum Gasteiger partial charge on any atom is 0.419 e. The van der Waals surface area contributed by atoms with Crippen molar-refractivity contribution in [2.24, 2.45) is 0 Å². The van der Waals surface area contributed by atoms with E-state index >= 15 is 0 Å². The number of hydrogen-bond acceptors (Lipinski definition) is 4. The van der Waals surface area contributed by atoms with Gasteiger partial charge < -0.3 is 19.8 Å². The first-order valence-corrected chi connectivity index (χ1v) is 10.9. The summed E-state index contributed by atoms with van der Waals surface area (Å²) in [5, 5.41) is 5.53. The highest BCUT2D eigenvalue weighted by Crippen LogP contribution is 2.39. The molecule has 0 aliphatic rings. The van der Waals surface area contributed by atoms with Crippen molar-refractivity contribution in [1.29, 1.82) is 0 Å². The normalized spacial score (nSPS) is 12.0. The Bertz CT molecular complexity index is 736. The van der Waals surface area contributed by atoms with Crippen molar-refractivity contribution in [2.75, 3.05) is 11.9 Å². The average molecular weight is 402 g/mol. The van der Waals surface area contributed by atoms with Gasteiger partial charge in [0.1, 0.15) is 6.04 Å². The molecule has 8 heteroatoms. The molecule has 0 aliphatic heterocycles. The lowest BCUT2D eigenvalue weighted by Gasteiger charge is -2.16. The third-order valence-electron chi connectivity index (χ3n) is 3.51. The molecule has 2 aromatic carbocycles. The second-order valence-electron chi connectivity index (χ2n) is 5.74. The number of hydrogen-bond donors (Lipinski definition) is 3. The van der Waals surface area contributed by atoms with Crippen LogP contribution in [0.15, 0.2) is 42.5 Å². The minimum Gasteiger partial charge on any atom is -0.464 e. The van der Waals surface area contributed by atoms with E-state index in [1.165, 1.54) is 0 Å². The summed E-state index contributed by atoms with van der Waals surface area (Å²) in [6.07, 6.45) is 3.16. The van der Waals surface area contributed by atoms with Gasteiger partial charge in [-0.2, -0.15) is 0 Å². The van der Waals surface area contributed by atoms with E-state index in [0.717, 1.165) is 35.7 Å². The minimum absolute atomic E-state index is 0.195. The fourth-order valence-electron chi connectivity index (χ4n) is 2.29.